The summed E-state index contributed by atoms with van der Waals surface area (Å²) in [4.78, 5) is 2.56. The molecule has 0 spiro atoms. The van der Waals surface area contributed by atoms with Crippen LogP contribution in [0.2, 0.25) is 0 Å². The van der Waals surface area contributed by atoms with Gasteiger partial charge >= 0.3 is 0 Å². The summed E-state index contributed by atoms with van der Waals surface area (Å²) in [5.74, 6) is 0. The van der Waals surface area contributed by atoms with Gasteiger partial charge in [-0.2, -0.15) is 5.10 Å². The van der Waals surface area contributed by atoms with Gasteiger partial charge in [-0.05, 0) is 53.1 Å². The predicted molar refractivity (Wildman–Crippen MR) is 83.8 cm³/mol. The quantitative estimate of drug-likeness (QED) is 0.919. The van der Waals surface area contributed by atoms with E-state index in [1.165, 1.54) is 12.1 Å². The van der Waals surface area contributed by atoms with Gasteiger partial charge in [-0.3, -0.25) is 9.58 Å². The molecule has 2 heterocycles. The van der Waals surface area contributed by atoms with E-state index < -0.39 is 0 Å². The Morgan fingerprint density at radius 1 is 1.50 bits per heavy atom. The molecule has 1 aromatic heterocycles. The second-order valence-electron chi connectivity index (χ2n) is 6.90. The van der Waals surface area contributed by atoms with Gasteiger partial charge in [-0.25, -0.2) is 0 Å². The Labute approximate surface area is 123 Å². The molecule has 1 aliphatic rings. The molecule has 1 N–H and O–H groups in total. The first kappa shape index (κ1) is 15.5. The molecule has 0 radical (unpaired) electrons. The molecule has 0 aromatic carbocycles. The van der Waals surface area contributed by atoms with Gasteiger partial charge in [0.15, 0.2) is 0 Å². The van der Waals surface area contributed by atoms with Crippen molar-refractivity contribution in [2.45, 2.75) is 71.6 Å². The number of nitrogens with one attached hydrogen (secondary N) is 1. The number of aromatic nitrogens is 2. The average molecular weight is 278 g/mol. The van der Waals surface area contributed by atoms with Crippen LogP contribution in [0.25, 0.3) is 0 Å². The molecule has 114 valence electrons. The lowest BCUT2D eigenvalue weighted by Crippen LogP contribution is -2.47. The van der Waals surface area contributed by atoms with Crippen molar-refractivity contribution in [3.05, 3.63) is 18.0 Å². The van der Waals surface area contributed by atoms with Crippen LogP contribution in [0.5, 0.6) is 0 Å². The normalized spacial score (nSPS) is 25.4. The van der Waals surface area contributed by atoms with E-state index in [1.807, 2.05) is 0 Å². The Morgan fingerprint density at radius 2 is 2.25 bits per heavy atom. The zero-order chi connectivity index (χ0) is 14.8. The highest BCUT2D eigenvalue weighted by Gasteiger charge is 2.28. The third-order valence-electron chi connectivity index (χ3n) is 4.46. The summed E-state index contributed by atoms with van der Waals surface area (Å²) in [6, 6.07) is 3.27. The van der Waals surface area contributed by atoms with E-state index >= 15 is 0 Å². The molecule has 0 bridgehead atoms. The molecule has 2 rings (SSSR count). The molecule has 20 heavy (non-hydrogen) atoms. The number of rotatable bonds is 4. The zero-order valence-electron chi connectivity index (χ0n) is 13.7. The summed E-state index contributed by atoms with van der Waals surface area (Å²) < 4.78 is 2.10. The summed E-state index contributed by atoms with van der Waals surface area (Å²) in [6.45, 7) is 14.5. The Hall–Kier alpha value is -0.870. The van der Waals surface area contributed by atoms with Crippen LogP contribution in [0.1, 0.15) is 59.2 Å². The minimum Gasteiger partial charge on any atom is -0.310 e. The van der Waals surface area contributed by atoms with Gasteiger partial charge in [-0.1, -0.05) is 6.92 Å². The van der Waals surface area contributed by atoms with Gasteiger partial charge in [0.25, 0.3) is 0 Å². The van der Waals surface area contributed by atoms with Crippen molar-refractivity contribution in [3.63, 3.8) is 0 Å². The lowest BCUT2D eigenvalue weighted by molar-refractivity contribution is 0.170. The molecule has 0 aliphatic carbocycles. The highest BCUT2D eigenvalue weighted by molar-refractivity contribution is 5.01. The average Bonchev–Trinajstić information content (AvgIpc) is 2.80. The van der Waals surface area contributed by atoms with Crippen molar-refractivity contribution < 1.29 is 0 Å². The molecular weight excluding hydrogens is 248 g/mol. The van der Waals surface area contributed by atoms with Crippen LogP contribution >= 0.6 is 0 Å². The Morgan fingerprint density at radius 3 is 2.95 bits per heavy atom. The van der Waals surface area contributed by atoms with Gasteiger partial charge in [-0.15, -0.1) is 0 Å². The van der Waals surface area contributed by atoms with E-state index in [2.05, 4.69) is 61.8 Å². The molecule has 1 aliphatic heterocycles. The fourth-order valence-corrected chi connectivity index (χ4v) is 2.84. The Kier molecular flexibility index (Phi) is 4.86. The van der Waals surface area contributed by atoms with E-state index in [0.717, 1.165) is 26.1 Å². The van der Waals surface area contributed by atoms with Crippen LogP contribution in [0, 0.1) is 0 Å². The van der Waals surface area contributed by atoms with Crippen molar-refractivity contribution in [3.8, 4) is 0 Å². The van der Waals surface area contributed by atoms with Gasteiger partial charge in [0.2, 0.25) is 0 Å². The predicted octanol–water partition coefficient (Wildman–Crippen LogP) is 2.82. The SMILES string of the molecule is CCC(C)n1ccc(CN2CC(C)(C)NCCC2C)n1. The molecule has 0 amide bonds. The minimum atomic E-state index is 0.185. The van der Waals surface area contributed by atoms with Gasteiger partial charge in [0.05, 0.1) is 5.69 Å². The maximum atomic E-state index is 4.74. The Bertz CT molecular complexity index is 424. The van der Waals surface area contributed by atoms with Crippen molar-refractivity contribution >= 4 is 0 Å². The van der Waals surface area contributed by atoms with Crippen LogP contribution < -0.4 is 5.32 Å². The zero-order valence-corrected chi connectivity index (χ0v) is 13.7. The maximum absolute atomic E-state index is 4.74. The van der Waals surface area contributed by atoms with E-state index in [0.29, 0.717) is 12.1 Å². The Balaban J connectivity index is 2.05. The fourth-order valence-electron chi connectivity index (χ4n) is 2.84. The van der Waals surface area contributed by atoms with Crippen LogP contribution in [0.3, 0.4) is 0 Å². The van der Waals surface area contributed by atoms with E-state index in [4.69, 9.17) is 5.10 Å². The molecule has 4 heteroatoms. The van der Waals surface area contributed by atoms with E-state index in [9.17, 15) is 0 Å². The second kappa shape index (κ2) is 6.27. The molecule has 0 saturated carbocycles. The van der Waals surface area contributed by atoms with Gasteiger partial charge < -0.3 is 5.32 Å². The largest absolute Gasteiger partial charge is 0.310 e. The van der Waals surface area contributed by atoms with E-state index in [1.54, 1.807) is 0 Å². The third-order valence-corrected chi connectivity index (χ3v) is 4.46. The molecule has 1 aromatic rings. The maximum Gasteiger partial charge on any atom is 0.0765 e. The fraction of sp³-hybridized carbons (Fsp3) is 0.812. The summed E-state index contributed by atoms with van der Waals surface area (Å²) in [5.41, 5.74) is 1.37. The third kappa shape index (κ3) is 3.83. The van der Waals surface area contributed by atoms with Crippen LogP contribution in [0.15, 0.2) is 12.3 Å². The lowest BCUT2D eigenvalue weighted by atomic mass is 10.1. The molecule has 2 unspecified atom stereocenters. The van der Waals surface area contributed by atoms with Gasteiger partial charge in [0, 0.05) is 36.9 Å². The molecule has 1 saturated heterocycles. The monoisotopic (exact) mass is 278 g/mol. The van der Waals surface area contributed by atoms with Crippen LogP contribution in [0.4, 0.5) is 0 Å². The first-order valence-corrected chi connectivity index (χ1v) is 7.94. The smallest absolute Gasteiger partial charge is 0.0765 e. The number of hydrogen-bond acceptors (Lipinski definition) is 3. The number of hydrogen-bond donors (Lipinski definition) is 1. The van der Waals surface area contributed by atoms with Crippen molar-refractivity contribution in [1.82, 2.24) is 20.0 Å². The minimum absolute atomic E-state index is 0.185. The summed E-state index contributed by atoms with van der Waals surface area (Å²) >= 11 is 0. The summed E-state index contributed by atoms with van der Waals surface area (Å²) in [6.07, 6.45) is 4.45. The highest BCUT2D eigenvalue weighted by Crippen LogP contribution is 2.18. The number of nitrogens with zero attached hydrogens (tertiary/aromatic N) is 3. The van der Waals surface area contributed by atoms with E-state index in [-0.39, 0.29) is 5.54 Å². The van der Waals surface area contributed by atoms with Crippen molar-refractivity contribution in [1.29, 1.82) is 0 Å². The van der Waals surface area contributed by atoms with Gasteiger partial charge in [0.1, 0.15) is 0 Å². The molecule has 1 fully saturated rings. The first-order chi connectivity index (χ1) is 9.41. The summed E-state index contributed by atoms with van der Waals surface area (Å²) in [7, 11) is 0. The molecular formula is C16H30N4. The second-order valence-corrected chi connectivity index (χ2v) is 6.90. The van der Waals surface area contributed by atoms with Crippen LogP contribution in [-0.4, -0.2) is 39.4 Å². The topological polar surface area (TPSA) is 33.1 Å². The van der Waals surface area contributed by atoms with Crippen molar-refractivity contribution in [2.75, 3.05) is 13.1 Å². The standard InChI is InChI=1S/C16H30N4/c1-6-13(2)20-10-8-15(18-20)11-19-12-16(4,5)17-9-7-14(19)3/h8,10,13-14,17H,6-7,9,11-12H2,1-5H3. The van der Waals surface area contributed by atoms with Crippen molar-refractivity contribution in [2.24, 2.45) is 0 Å². The van der Waals surface area contributed by atoms with Crippen LogP contribution in [-0.2, 0) is 6.54 Å². The first-order valence-electron chi connectivity index (χ1n) is 7.94. The summed E-state index contributed by atoms with van der Waals surface area (Å²) in [5, 5.41) is 8.37. The molecule has 2 atom stereocenters. The lowest BCUT2D eigenvalue weighted by Gasteiger charge is -2.32. The molecule has 4 nitrogen and oxygen atoms in total. The highest BCUT2D eigenvalue weighted by atomic mass is 15.3.